The second-order valence-corrected chi connectivity index (χ2v) is 7.21. The molecule has 1 aromatic carbocycles. The highest BCUT2D eigenvalue weighted by Gasteiger charge is 2.21. The molecule has 1 aliphatic carbocycles. The quantitative estimate of drug-likeness (QED) is 0.845. The smallest absolute Gasteiger partial charge is 0.240 e. The molecule has 112 valence electrons. The number of benzene rings is 1. The number of halogens is 2. The summed E-state index contributed by atoms with van der Waals surface area (Å²) >= 11 is 5.72. The number of nitrogens with one attached hydrogen (secondary N) is 1. The van der Waals surface area contributed by atoms with Crippen LogP contribution in [0.25, 0.3) is 0 Å². The Morgan fingerprint density at radius 3 is 2.65 bits per heavy atom. The van der Waals surface area contributed by atoms with Gasteiger partial charge in [-0.05, 0) is 30.0 Å². The first-order valence-electron chi connectivity index (χ1n) is 6.61. The Kier molecular flexibility index (Phi) is 5.01. The van der Waals surface area contributed by atoms with Gasteiger partial charge < -0.3 is 5.73 Å². The van der Waals surface area contributed by atoms with Crippen molar-refractivity contribution in [3.63, 3.8) is 0 Å². The first-order chi connectivity index (χ1) is 9.44. The van der Waals surface area contributed by atoms with Gasteiger partial charge in [0.25, 0.3) is 0 Å². The van der Waals surface area contributed by atoms with Gasteiger partial charge in [-0.1, -0.05) is 30.9 Å². The summed E-state index contributed by atoms with van der Waals surface area (Å²) in [6, 6.07) is 2.24. The molecule has 0 aliphatic heterocycles. The van der Waals surface area contributed by atoms with E-state index >= 15 is 0 Å². The lowest BCUT2D eigenvalue weighted by molar-refractivity contribution is 0.297. The molecule has 2 rings (SSSR count). The Bertz CT molecular complexity index is 588. The number of sulfonamides is 1. The van der Waals surface area contributed by atoms with Crippen molar-refractivity contribution in [2.75, 3.05) is 6.54 Å². The molecule has 0 heterocycles. The van der Waals surface area contributed by atoms with E-state index in [9.17, 15) is 12.8 Å². The summed E-state index contributed by atoms with van der Waals surface area (Å²) in [6.45, 7) is 0.358. The molecular weight excluding hydrogens is 303 g/mol. The van der Waals surface area contributed by atoms with E-state index in [1.165, 1.54) is 12.5 Å². The lowest BCUT2D eigenvalue weighted by atomic mass is 9.83. The van der Waals surface area contributed by atoms with E-state index < -0.39 is 15.8 Å². The molecule has 4 nitrogen and oxygen atoms in total. The Balaban J connectivity index is 2.09. The van der Waals surface area contributed by atoms with Crippen LogP contribution < -0.4 is 10.5 Å². The highest BCUT2D eigenvalue weighted by Crippen LogP contribution is 2.29. The molecule has 0 bridgehead atoms. The van der Waals surface area contributed by atoms with Gasteiger partial charge in [-0.15, -0.1) is 0 Å². The Morgan fingerprint density at radius 1 is 1.40 bits per heavy atom. The molecule has 1 saturated carbocycles. The Morgan fingerprint density at radius 2 is 2.10 bits per heavy atom. The minimum absolute atomic E-state index is 0.0127. The van der Waals surface area contributed by atoms with Gasteiger partial charge >= 0.3 is 0 Å². The van der Waals surface area contributed by atoms with Crippen LogP contribution >= 0.6 is 11.6 Å². The highest BCUT2D eigenvalue weighted by molar-refractivity contribution is 7.89. The molecule has 1 aromatic rings. The van der Waals surface area contributed by atoms with E-state index in [1.54, 1.807) is 0 Å². The van der Waals surface area contributed by atoms with Crippen LogP contribution in [0.1, 0.15) is 31.2 Å². The molecule has 0 spiro atoms. The fourth-order valence-corrected chi connectivity index (χ4v) is 3.48. The van der Waals surface area contributed by atoms with Crippen LogP contribution in [0.2, 0.25) is 5.02 Å². The predicted molar refractivity (Wildman–Crippen MR) is 76.4 cm³/mol. The van der Waals surface area contributed by atoms with Crippen LogP contribution in [-0.2, 0) is 16.6 Å². The molecule has 0 saturated heterocycles. The zero-order valence-electron chi connectivity index (χ0n) is 11.0. The minimum atomic E-state index is -3.72. The maximum atomic E-state index is 13.6. The largest absolute Gasteiger partial charge is 0.326 e. The summed E-state index contributed by atoms with van der Waals surface area (Å²) in [4.78, 5) is -0.131. The van der Waals surface area contributed by atoms with Crippen LogP contribution in [-0.4, -0.2) is 15.0 Å². The van der Waals surface area contributed by atoms with E-state index in [0.717, 1.165) is 25.3 Å². The SMILES string of the molecule is NCc1cc(S(=O)(=O)NCCC2CCC2)cc(F)c1Cl. The average Bonchev–Trinajstić information content (AvgIpc) is 2.35. The molecule has 0 aromatic heterocycles. The summed E-state index contributed by atoms with van der Waals surface area (Å²) in [5.41, 5.74) is 5.71. The van der Waals surface area contributed by atoms with Gasteiger partial charge in [-0.2, -0.15) is 0 Å². The first-order valence-corrected chi connectivity index (χ1v) is 8.48. The fraction of sp³-hybridized carbons (Fsp3) is 0.538. The molecule has 3 N–H and O–H groups in total. The second kappa shape index (κ2) is 6.39. The normalized spacial score (nSPS) is 16.1. The molecule has 7 heteroatoms. The lowest BCUT2D eigenvalue weighted by Gasteiger charge is -2.25. The van der Waals surface area contributed by atoms with Gasteiger partial charge in [-0.25, -0.2) is 17.5 Å². The van der Waals surface area contributed by atoms with Gasteiger partial charge in [0.2, 0.25) is 10.0 Å². The van der Waals surface area contributed by atoms with Crippen molar-refractivity contribution in [2.24, 2.45) is 11.7 Å². The first kappa shape index (κ1) is 15.7. The summed E-state index contributed by atoms with van der Waals surface area (Å²) in [5, 5.41) is -0.124. The zero-order chi connectivity index (χ0) is 14.8. The van der Waals surface area contributed by atoms with Crippen LogP contribution in [0, 0.1) is 11.7 Å². The third-order valence-electron chi connectivity index (χ3n) is 3.68. The van der Waals surface area contributed by atoms with Crippen molar-refractivity contribution >= 4 is 21.6 Å². The molecular formula is C13H18ClFN2O2S. The maximum absolute atomic E-state index is 13.6. The van der Waals surface area contributed by atoms with Crippen molar-refractivity contribution in [3.8, 4) is 0 Å². The van der Waals surface area contributed by atoms with E-state index in [-0.39, 0.29) is 22.0 Å². The Labute approximate surface area is 123 Å². The summed E-state index contributed by atoms with van der Waals surface area (Å²) in [6.07, 6.45) is 4.36. The monoisotopic (exact) mass is 320 g/mol. The van der Waals surface area contributed by atoms with Crippen molar-refractivity contribution < 1.29 is 12.8 Å². The molecule has 0 radical (unpaired) electrons. The van der Waals surface area contributed by atoms with Crippen LogP contribution in [0.15, 0.2) is 17.0 Å². The average molecular weight is 321 g/mol. The van der Waals surface area contributed by atoms with Gasteiger partial charge in [0, 0.05) is 13.1 Å². The third-order valence-corrected chi connectivity index (χ3v) is 5.54. The van der Waals surface area contributed by atoms with E-state index in [4.69, 9.17) is 17.3 Å². The van der Waals surface area contributed by atoms with E-state index in [0.29, 0.717) is 12.5 Å². The van der Waals surface area contributed by atoms with Gasteiger partial charge in [0.05, 0.1) is 9.92 Å². The summed E-state index contributed by atoms with van der Waals surface area (Å²) in [7, 11) is -3.72. The van der Waals surface area contributed by atoms with Gasteiger partial charge in [0.1, 0.15) is 5.82 Å². The molecule has 0 unspecified atom stereocenters. The second-order valence-electron chi connectivity index (χ2n) is 5.07. The molecule has 20 heavy (non-hydrogen) atoms. The molecule has 0 amide bonds. The van der Waals surface area contributed by atoms with Crippen LogP contribution in [0.3, 0.4) is 0 Å². The fourth-order valence-electron chi connectivity index (χ4n) is 2.18. The standard InChI is InChI=1S/C13H18ClFN2O2S/c14-13-10(8-16)6-11(7-12(13)15)20(18,19)17-5-4-9-2-1-3-9/h6-7,9,17H,1-5,8,16H2. The van der Waals surface area contributed by atoms with Crippen molar-refractivity contribution in [1.29, 1.82) is 0 Å². The molecule has 1 fully saturated rings. The van der Waals surface area contributed by atoms with Gasteiger partial charge in [-0.3, -0.25) is 0 Å². The van der Waals surface area contributed by atoms with Crippen LogP contribution in [0.4, 0.5) is 4.39 Å². The van der Waals surface area contributed by atoms with Crippen molar-refractivity contribution in [2.45, 2.75) is 37.1 Å². The highest BCUT2D eigenvalue weighted by atomic mass is 35.5. The number of rotatable bonds is 6. The topological polar surface area (TPSA) is 72.2 Å². The van der Waals surface area contributed by atoms with E-state index in [2.05, 4.69) is 4.72 Å². The Hall–Kier alpha value is -0.690. The van der Waals surface area contributed by atoms with Crippen molar-refractivity contribution in [1.82, 2.24) is 4.72 Å². The third kappa shape index (κ3) is 3.49. The van der Waals surface area contributed by atoms with E-state index in [1.807, 2.05) is 0 Å². The zero-order valence-corrected chi connectivity index (χ0v) is 12.6. The lowest BCUT2D eigenvalue weighted by Crippen LogP contribution is -2.27. The molecule has 0 atom stereocenters. The van der Waals surface area contributed by atoms with Crippen LogP contribution in [0.5, 0.6) is 0 Å². The number of hydrogen-bond donors (Lipinski definition) is 2. The summed E-state index contributed by atoms with van der Waals surface area (Å²) in [5.74, 6) is -0.159. The number of hydrogen-bond acceptors (Lipinski definition) is 3. The predicted octanol–water partition coefficient (Wildman–Crippen LogP) is 2.41. The maximum Gasteiger partial charge on any atom is 0.240 e. The molecule has 1 aliphatic rings. The summed E-state index contributed by atoms with van der Waals surface area (Å²) < 4.78 is 40.3. The van der Waals surface area contributed by atoms with Crippen molar-refractivity contribution in [3.05, 3.63) is 28.5 Å². The number of nitrogens with two attached hydrogens (primary N) is 1. The van der Waals surface area contributed by atoms with Gasteiger partial charge in [0.15, 0.2) is 0 Å². The minimum Gasteiger partial charge on any atom is -0.326 e.